The molecule has 2 aromatic carbocycles. The summed E-state index contributed by atoms with van der Waals surface area (Å²) in [6.45, 7) is -0.0311. The summed E-state index contributed by atoms with van der Waals surface area (Å²) in [5.74, 6) is -1.35. The van der Waals surface area contributed by atoms with Crippen molar-refractivity contribution in [1.29, 1.82) is 0 Å². The van der Waals surface area contributed by atoms with Gasteiger partial charge in [0.2, 0.25) is 0 Å². The summed E-state index contributed by atoms with van der Waals surface area (Å²) in [6.07, 6.45) is 0. The predicted molar refractivity (Wildman–Crippen MR) is 105 cm³/mol. The van der Waals surface area contributed by atoms with E-state index >= 15 is 0 Å². The van der Waals surface area contributed by atoms with Gasteiger partial charge in [0.15, 0.2) is 5.69 Å². The molecule has 0 saturated carbocycles. The molecule has 0 aliphatic heterocycles. The van der Waals surface area contributed by atoms with Crippen molar-refractivity contribution in [3.8, 4) is 0 Å². The molecule has 0 aliphatic rings. The Bertz CT molecular complexity index is 1100. The number of nitrogens with one attached hydrogen (secondary N) is 5. The molecular formula is C19H18N6O4. The summed E-state index contributed by atoms with van der Waals surface area (Å²) in [6, 6.07) is 15.2. The number of hydrogen-bond acceptors (Lipinski definition) is 5. The molecule has 0 unspecified atom stereocenters. The van der Waals surface area contributed by atoms with Crippen molar-refractivity contribution in [3.63, 3.8) is 0 Å². The third-order valence-electron chi connectivity index (χ3n) is 3.93. The molecule has 0 atom stereocenters. The van der Waals surface area contributed by atoms with Crippen LogP contribution in [0.5, 0.6) is 0 Å². The Labute approximate surface area is 164 Å². The Hall–Kier alpha value is -4.21. The highest BCUT2D eigenvalue weighted by molar-refractivity contribution is 6.05. The molecule has 0 bridgehead atoms. The number of hydrazine groups is 1. The van der Waals surface area contributed by atoms with Crippen LogP contribution in [0.15, 0.2) is 59.4 Å². The summed E-state index contributed by atoms with van der Waals surface area (Å²) >= 11 is 0. The van der Waals surface area contributed by atoms with Crippen LogP contribution in [0.2, 0.25) is 0 Å². The standard InChI is InChI=1S/C19H18N6O4/c26-15(11-21-19(29)20-10-12-6-2-1-3-7-12)22-25-18(28)16-13-8-4-5-9-14(13)17(27)24-23-16/h1-9H,10-11H2,(H,22,26)(H,24,27)(H,25,28)(H2,20,21,29). The second-order valence-corrected chi connectivity index (χ2v) is 5.97. The fourth-order valence-corrected chi connectivity index (χ4v) is 2.52. The molecule has 1 heterocycles. The van der Waals surface area contributed by atoms with Gasteiger partial charge in [-0.1, -0.05) is 48.5 Å². The highest BCUT2D eigenvalue weighted by Gasteiger charge is 2.14. The number of urea groups is 1. The second kappa shape index (κ2) is 9.13. The normalized spacial score (nSPS) is 10.2. The van der Waals surface area contributed by atoms with Gasteiger partial charge in [-0.25, -0.2) is 9.89 Å². The van der Waals surface area contributed by atoms with E-state index in [1.165, 1.54) is 0 Å². The largest absolute Gasteiger partial charge is 0.334 e. The lowest BCUT2D eigenvalue weighted by Crippen LogP contribution is -2.48. The van der Waals surface area contributed by atoms with Gasteiger partial charge in [0.1, 0.15) is 6.54 Å². The lowest BCUT2D eigenvalue weighted by atomic mass is 10.1. The van der Waals surface area contributed by atoms with Crippen LogP contribution in [0, 0.1) is 0 Å². The fraction of sp³-hybridized carbons (Fsp3) is 0.105. The van der Waals surface area contributed by atoms with Crippen molar-refractivity contribution in [2.75, 3.05) is 6.54 Å². The Balaban J connectivity index is 1.47. The molecule has 10 heteroatoms. The van der Waals surface area contributed by atoms with E-state index in [1.807, 2.05) is 30.3 Å². The van der Waals surface area contributed by atoms with E-state index in [0.717, 1.165) is 5.56 Å². The summed E-state index contributed by atoms with van der Waals surface area (Å²) < 4.78 is 0. The number of carbonyl (C=O) groups excluding carboxylic acids is 3. The maximum absolute atomic E-state index is 12.3. The lowest BCUT2D eigenvalue weighted by molar-refractivity contribution is -0.120. The quantitative estimate of drug-likeness (QED) is 0.392. The van der Waals surface area contributed by atoms with E-state index in [2.05, 4.69) is 31.7 Å². The van der Waals surface area contributed by atoms with Gasteiger partial charge < -0.3 is 10.6 Å². The average Bonchev–Trinajstić information content (AvgIpc) is 2.75. The first-order chi connectivity index (χ1) is 14.0. The van der Waals surface area contributed by atoms with Crippen molar-refractivity contribution in [1.82, 2.24) is 31.7 Å². The number of H-pyrrole nitrogens is 1. The topological polar surface area (TPSA) is 145 Å². The predicted octanol–water partition coefficient (Wildman–Crippen LogP) is 0.184. The van der Waals surface area contributed by atoms with Crippen LogP contribution >= 0.6 is 0 Å². The Morgan fingerprint density at radius 1 is 0.862 bits per heavy atom. The van der Waals surface area contributed by atoms with E-state index in [-0.39, 0.29) is 12.2 Å². The smallest absolute Gasteiger partial charge is 0.315 e. The Morgan fingerprint density at radius 2 is 1.55 bits per heavy atom. The first kappa shape index (κ1) is 19.5. The highest BCUT2D eigenvalue weighted by Crippen LogP contribution is 2.11. The number of nitrogens with zero attached hydrogens (tertiary/aromatic N) is 1. The van der Waals surface area contributed by atoms with E-state index in [1.54, 1.807) is 24.3 Å². The molecule has 1 aromatic heterocycles. The summed E-state index contributed by atoms with van der Waals surface area (Å²) in [4.78, 5) is 47.6. The number of aromatic amines is 1. The molecule has 4 amide bonds. The highest BCUT2D eigenvalue weighted by atomic mass is 16.2. The molecule has 3 rings (SSSR count). The SMILES string of the molecule is O=C(CNC(=O)NCc1ccccc1)NNC(=O)c1n[nH]c(=O)c2ccccc12. The van der Waals surface area contributed by atoms with E-state index in [4.69, 9.17) is 0 Å². The molecule has 148 valence electrons. The summed E-state index contributed by atoms with van der Waals surface area (Å²) in [5.41, 5.74) is 4.82. The Kier molecular flexibility index (Phi) is 6.15. The molecule has 0 fully saturated rings. The van der Waals surface area contributed by atoms with Crippen LogP contribution in [0.25, 0.3) is 10.8 Å². The molecule has 0 saturated heterocycles. The molecular weight excluding hydrogens is 376 g/mol. The van der Waals surface area contributed by atoms with E-state index in [9.17, 15) is 19.2 Å². The third kappa shape index (κ3) is 5.16. The molecule has 5 N–H and O–H groups in total. The zero-order valence-corrected chi connectivity index (χ0v) is 15.2. The van der Waals surface area contributed by atoms with Crippen molar-refractivity contribution < 1.29 is 14.4 Å². The van der Waals surface area contributed by atoms with Crippen molar-refractivity contribution in [2.45, 2.75) is 6.54 Å². The number of aromatic nitrogens is 2. The average molecular weight is 394 g/mol. The number of carbonyl (C=O) groups is 3. The molecule has 0 radical (unpaired) electrons. The van der Waals surface area contributed by atoms with Gasteiger partial charge in [0, 0.05) is 11.9 Å². The van der Waals surface area contributed by atoms with Crippen molar-refractivity contribution in [2.24, 2.45) is 0 Å². The summed E-state index contributed by atoms with van der Waals surface area (Å²) in [5, 5.41) is 11.6. The van der Waals surface area contributed by atoms with Gasteiger partial charge in [-0.3, -0.25) is 25.2 Å². The van der Waals surface area contributed by atoms with Gasteiger partial charge in [0.05, 0.1) is 5.39 Å². The lowest BCUT2D eigenvalue weighted by Gasteiger charge is -2.10. The number of hydrogen-bond donors (Lipinski definition) is 5. The van der Waals surface area contributed by atoms with E-state index < -0.39 is 23.4 Å². The molecule has 3 aromatic rings. The number of rotatable bonds is 5. The number of amides is 4. The minimum atomic E-state index is -0.709. The minimum absolute atomic E-state index is 0.0472. The van der Waals surface area contributed by atoms with Crippen LogP contribution in [0.3, 0.4) is 0 Å². The van der Waals surface area contributed by atoms with Crippen LogP contribution in [0.1, 0.15) is 16.1 Å². The number of benzene rings is 2. The van der Waals surface area contributed by atoms with Gasteiger partial charge in [0.25, 0.3) is 17.4 Å². The Morgan fingerprint density at radius 3 is 2.31 bits per heavy atom. The van der Waals surface area contributed by atoms with Crippen LogP contribution in [-0.4, -0.2) is 34.6 Å². The van der Waals surface area contributed by atoms with Crippen molar-refractivity contribution in [3.05, 3.63) is 76.2 Å². The maximum Gasteiger partial charge on any atom is 0.315 e. The fourth-order valence-electron chi connectivity index (χ4n) is 2.52. The van der Waals surface area contributed by atoms with Gasteiger partial charge in [-0.15, -0.1) is 0 Å². The van der Waals surface area contributed by atoms with Crippen LogP contribution < -0.4 is 27.0 Å². The van der Waals surface area contributed by atoms with Gasteiger partial charge >= 0.3 is 6.03 Å². The zero-order chi connectivity index (χ0) is 20.6. The molecule has 10 nitrogen and oxygen atoms in total. The van der Waals surface area contributed by atoms with Gasteiger partial charge in [-0.05, 0) is 11.6 Å². The summed E-state index contributed by atoms with van der Waals surface area (Å²) in [7, 11) is 0. The van der Waals surface area contributed by atoms with Crippen LogP contribution in [-0.2, 0) is 11.3 Å². The first-order valence-electron chi connectivity index (χ1n) is 8.67. The molecule has 0 aliphatic carbocycles. The minimum Gasteiger partial charge on any atom is -0.334 e. The number of fused-ring (bicyclic) bond motifs is 1. The zero-order valence-electron chi connectivity index (χ0n) is 15.2. The van der Waals surface area contributed by atoms with Gasteiger partial charge in [-0.2, -0.15) is 5.10 Å². The van der Waals surface area contributed by atoms with E-state index in [0.29, 0.717) is 17.3 Å². The monoisotopic (exact) mass is 394 g/mol. The third-order valence-corrected chi connectivity index (χ3v) is 3.93. The van der Waals surface area contributed by atoms with Crippen LogP contribution in [0.4, 0.5) is 4.79 Å². The molecule has 29 heavy (non-hydrogen) atoms. The maximum atomic E-state index is 12.3. The van der Waals surface area contributed by atoms with Crippen molar-refractivity contribution >= 4 is 28.6 Å². The first-order valence-corrected chi connectivity index (χ1v) is 8.67. The molecule has 0 spiro atoms. The second-order valence-electron chi connectivity index (χ2n) is 5.97.